The van der Waals surface area contributed by atoms with Gasteiger partial charge in [0.15, 0.2) is 0 Å². The molecule has 3 heterocycles. The minimum atomic E-state index is -0.0127. The summed E-state index contributed by atoms with van der Waals surface area (Å²) in [5.41, 5.74) is 3.55. The standard InChI is InChI=1S/C21H24N6O/c28-19(22-12-15-6-2-1-3-7-15)16-8-5-11-26(13-16)20-17-9-4-10-18(17)25-21-23-14-24-27(20)21/h1-3,6-7,14,16H,4-5,8-13H2,(H,22,28)/t16-/m0/s1. The highest BCUT2D eigenvalue weighted by molar-refractivity contribution is 5.79. The predicted molar refractivity (Wildman–Crippen MR) is 106 cm³/mol. The molecule has 1 fully saturated rings. The maximum absolute atomic E-state index is 12.8. The number of rotatable bonds is 4. The Kier molecular flexibility index (Phi) is 4.43. The molecule has 1 aliphatic heterocycles. The van der Waals surface area contributed by atoms with Gasteiger partial charge in [-0.15, -0.1) is 0 Å². The average Bonchev–Trinajstić information content (AvgIpc) is 3.40. The van der Waals surface area contributed by atoms with Gasteiger partial charge in [0.25, 0.3) is 5.78 Å². The van der Waals surface area contributed by atoms with E-state index in [4.69, 9.17) is 0 Å². The van der Waals surface area contributed by atoms with Crippen molar-refractivity contribution < 1.29 is 4.79 Å². The van der Waals surface area contributed by atoms with Crippen LogP contribution in [0.25, 0.3) is 5.78 Å². The van der Waals surface area contributed by atoms with Gasteiger partial charge in [-0.3, -0.25) is 4.79 Å². The lowest BCUT2D eigenvalue weighted by atomic mass is 9.96. The molecule has 7 nitrogen and oxygen atoms in total. The van der Waals surface area contributed by atoms with Crippen molar-refractivity contribution in [2.45, 2.75) is 38.6 Å². The number of nitrogens with zero attached hydrogens (tertiary/aromatic N) is 5. The van der Waals surface area contributed by atoms with Gasteiger partial charge in [-0.2, -0.15) is 14.6 Å². The number of fused-ring (bicyclic) bond motifs is 2. The third-order valence-corrected chi connectivity index (χ3v) is 5.83. The summed E-state index contributed by atoms with van der Waals surface area (Å²) < 4.78 is 1.86. The maximum Gasteiger partial charge on any atom is 0.254 e. The minimum absolute atomic E-state index is 0.0127. The highest BCUT2D eigenvalue weighted by Gasteiger charge is 2.31. The average molecular weight is 376 g/mol. The van der Waals surface area contributed by atoms with E-state index >= 15 is 0 Å². The summed E-state index contributed by atoms with van der Waals surface area (Å²) in [4.78, 5) is 24.1. The Morgan fingerprint density at radius 2 is 2.07 bits per heavy atom. The molecule has 7 heteroatoms. The number of hydrogen-bond acceptors (Lipinski definition) is 5. The molecule has 1 atom stereocenters. The molecule has 1 saturated heterocycles. The van der Waals surface area contributed by atoms with Crippen molar-refractivity contribution in [2.24, 2.45) is 5.92 Å². The van der Waals surface area contributed by atoms with E-state index in [0.29, 0.717) is 18.9 Å². The zero-order valence-electron chi connectivity index (χ0n) is 15.8. The first-order valence-corrected chi connectivity index (χ1v) is 10.1. The van der Waals surface area contributed by atoms with Crippen molar-refractivity contribution in [3.05, 3.63) is 53.5 Å². The summed E-state index contributed by atoms with van der Waals surface area (Å²) in [7, 11) is 0. The van der Waals surface area contributed by atoms with Gasteiger partial charge in [0.05, 0.1) is 11.6 Å². The normalized spacial score (nSPS) is 19.0. The molecule has 0 spiro atoms. The molecule has 0 radical (unpaired) electrons. The van der Waals surface area contributed by atoms with Crippen molar-refractivity contribution in [3.8, 4) is 0 Å². The summed E-state index contributed by atoms with van der Waals surface area (Å²) in [6, 6.07) is 10.1. The van der Waals surface area contributed by atoms with Crippen LogP contribution < -0.4 is 10.2 Å². The number of piperidine rings is 1. The van der Waals surface area contributed by atoms with E-state index in [1.165, 1.54) is 5.56 Å². The third-order valence-electron chi connectivity index (χ3n) is 5.83. The van der Waals surface area contributed by atoms with Gasteiger partial charge >= 0.3 is 0 Å². The van der Waals surface area contributed by atoms with Gasteiger partial charge in [0.2, 0.25) is 5.91 Å². The summed E-state index contributed by atoms with van der Waals surface area (Å²) in [6.45, 7) is 2.23. The Morgan fingerprint density at radius 1 is 1.18 bits per heavy atom. The fourth-order valence-corrected chi connectivity index (χ4v) is 4.44. The summed E-state index contributed by atoms with van der Waals surface area (Å²) >= 11 is 0. The number of anilines is 1. The monoisotopic (exact) mass is 376 g/mol. The molecule has 0 bridgehead atoms. The van der Waals surface area contributed by atoms with Crippen LogP contribution in [0.5, 0.6) is 0 Å². The van der Waals surface area contributed by atoms with Crippen LogP contribution in [0.2, 0.25) is 0 Å². The van der Waals surface area contributed by atoms with E-state index in [1.807, 2.05) is 34.8 Å². The van der Waals surface area contributed by atoms with Crippen LogP contribution in [0.3, 0.4) is 0 Å². The Labute approximate surface area is 163 Å². The lowest BCUT2D eigenvalue weighted by Crippen LogP contribution is -2.44. The van der Waals surface area contributed by atoms with Crippen molar-refractivity contribution in [2.75, 3.05) is 18.0 Å². The van der Waals surface area contributed by atoms with Crippen LogP contribution in [0, 0.1) is 5.92 Å². The van der Waals surface area contributed by atoms with Gasteiger partial charge in [0.1, 0.15) is 12.1 Å². The summed E-state index contributed by atoms with van der Waals surface area (Å²) in [5, 5.41) is 7.53. The Hall–Kier alpha value is -2.96. The van der Waals surface area contributed by atoms with Crippen molar-refractivity contribution in [1.29, 1.82) is 0 Å². The largest absolute Gasteiger partial charge is 0.355 e. The van der Waals surface area contributed by atoms with Crippen LogP contribution in [0.1, 0.15) is 36.1 Å². The first kappa shape index (κ1) is 17.2. The molecule has 2 aliphatic rings. The highest BCUT2D eigenvalue weighted by atomic mass is 16.1. The van der Waals surface area contributed by atoms with E-state index in [0.717, 1.165) is 55.7 Å². The number of amides is 1. The first-order chi connectivity index (χ1) is 13.8. The van der Waals surface area contributed by atoms with Gasteiger partial charge in [-0.25, -0.2) is 4.98 Å². The Bertz CT molecular complexity index is 999. The molecule has 1 aliphatic carbocycles. The molecule has 144 valence electrons. The molecule has 1 N–H and O–H groups in total. The fourth-order valence-electron chi connectivity index (χ4n) is 4.44. The topological polar surface area (TPSA) is 75.4 Å². The second-order valence-corrected chi connectivity index (χ2v) is 7.67. The molecule has 0 saturated carbocycles. The lowest BCUT2D eigenvalue weighted by Gasteiger charge is -2.34. The van der Waals surface area contributed by atoms with Crippen LogP contribution in [0.15, 0.2) is 36.7 Å². The number of carbonyl (C=O) groups excluding carboxylic acids is 1. The number of hydrogen-bond donors (Lipinski definition) is 1. The molecule has 28 heavy (non-hydrogen) atoms. The van der Waals surface area contributed by atoms with Crippen LogP contribution in [-0.2, 0) is 24.2 Å². The van der Waals surface area contributed by atoms with E-state index in [9.17, 15) is 4.79 Å². The fraction of sp³-hybridized carbons (Fsp3) is 0.429. The number of benzene rings is 1. The molecule has 0 unspecified atom stereocenters. The Morgan fingerprint density at radius 3 is 2.96 bits per heavy atom. The first-order valence-electron chi connectivity index (χ1n) is 10.1. The van der Waals surface area contributed by atoms with Crippen LogP contribution >= 0.6 is 0 Å². The van der Waals surface area contributed by atoms with Gasteiger partial charge < -0.3 is 10.2 Å². The van der Waals surface area contributed by atoms with Crippen molar-refractivity contribution in [3.63, 3.8) is 0 Å². The molecule has 1 aromatic carbocycles. The smallest absolute Gasteiger partial charge is 0.254 e. The zero-order chi connectivity index (χ0) is 18.9. The second kappa shape index (κ2) is 7.22. The third kappa shape index (κ3) is 3.10. The predicted octanol–water partition coefficient (Wildman–Crippen LogP) is 2.15. The summed E-state index contributed by atoms with van der Waals surface area (Å²) in [5.74, 6) is 1.87. The second-order valence-electron chi connectivity index (χ2n) is 7.67. The molecule has 5 rings (SSSR count). The number of aromatic nitrogens is 4. The van der Waals surface area contributed by atoms with Gasteiger partial charge in [-0.1, -0.05) is 30.3 Å². The van der Waals surface area contributed by atoms with Crippen LogP contribution in [0.4, 0.5) is 5.82 Å². The summed E-state index contributed by atoms with van der Waals surface area (Å²) in [6.07, 6.45) is 6.63. The minimum Gasteiger partial charge on any atom is -0.355 e. The molecule has 1 amide bonds. The van der Waals surface area contributed by atoms with Crippen molar-refractivity contribution >= 4 is 17.5 Å². The maximum atomic E-state index is 12.8. The number of carbonyl (C=O) groups is 1. The quantitative estimate of drug-likeness (QED) is 0.755. The van der Waals surface area contributed by atoms with Crippen molar-refractivity contribution in [1.82, 2.24) is 24.9 Å². The Balaban J connectivity index is 1.36. The SMILES string of the molecule is O=C(NCc1ccccc1)[C@H]1CCCN(c2c3c(nc4ncnn24)CCC3)C1. The van der Waals surface area contributed by atoms with Gasteiger partial charge in [-0.05, 0) is 37.7 Å². The molecule has 3 aromatic rings. The number of nitrogens with one attached hydrogen (secondary N) is 1. The molecular formula is C21H24N6O. The van der Waals surface area contributed by atoms with Gasteiger partial charge in [0, 0.05) is 25.2 Å². The zero-order valence-corrected chi connectivity index (χ0v) is 15.8. The molecule has 2 aromatic heterocycles. The number of aryl methyl sites for hydroxylation is 1. The van der Waals surface area contributed by atoms with E-state index in [1.54, 1.807) is 6.33 Å². The van der Waals surface area contributed by atoms with E-state index in [-0.39, 0.29) is 11.8 Å². The van der Waals surface area contributed by atoms with E-state index < -0.39 is 0 Å². The highest BCUT2D eigenvalue weighted by Crippen LogP contribution is 2.33. The van der Waals surface area contributed by atoms with E-state index in [2.05, 4.69) is 25.3 Å². The molecular weight excluding hydrogens is 352 g/mol. The lowest BCUT2D eigenvalue weighted by molar-refractivity contribution is -0.125. The van der Waals surface area contributed by atoms with Crippen LogP contribution in [-0.4, -0.2) is 38.6 Å².